The predicted molar refractivity (Wildman–Crippen MR) is 70.4 cm³/mol. The maximum absolute atomic E-state index is 11.2. The third-order valence-electron chi connectivity index (χ3n) is 2.46. The molecule has 0 unspecified atom stereocenters. The van der Waals surface area contributed by atoms with E-state index in [4.69, 9.17) is 16.0 Å². The summed E-state index contributed by atoms with van der Waals surface area (Å²) < 4.78 is 5.56. The molecule has 0 aliphatic heterocycles. The molecule has 2 rings (SSSR count). The van der Waals surface area contributed by atoms with Crippen LogP contribution in [0.4, 0.5) is 0 Å². The van der Waals surface area contributed by atoms with Gasteiger partial charge in [0.1, 0.15) is 0 Å². The van der Waals surface area contributed by atoms with E-state index in [2.05, 4.69) is 15.3 Å². The number of amides is 1. The molecule has 0 saturated carbocycles. The largest absolute Gasteiger partial charge is 0.441 e. The van der Waals surface area contributed by atoms with Crippen molar-refractivity contribution in [2.75, 3.05) is 7.11 Å². The molecular weight excluding hydrogens is 268 g/mol. The predicted octanol–water partition coefficient (Wildman–Crippen LogP) is 2.61. The molecule has 0 spiro atoms. The summed E-state index contributed by atoms with van der Waals surface area (Å²) in [7, 11) is 1.39. The van der Waals surface area contributed by atoms with Gasteiger partial charge < -0.3 is 4.42 Å². The van der Waals surface area contributed by atoms with Crippen LogP contribution < -0.4 is 5.48 Å². The molecule has 1 amide bonds. The number of nitrogens with zero attached hydrogens (tertiary/aromatic N) is 1. The quantitative estimate of drug-likeness (QED) is 0.855. The molecule has 0 aliphatic carbocycles. The number of halogens is 1. The highest BCUT2D eigenvalue weighted by Crippen LogP contribution is 2.22. The second kappa shape index (κ2) is 6.36. The van der Waals surface area contributed by atoms with Gasteiger partial charge in [-0.1, -0.05) is 11.6 Å². The van der Waals surface area contributed by atoms with Crippen LogP contribution in [-0.4, -0.2) is 18.0 Å². The monoisotopic (exact) mass is 280 g/mol. The number of hydrogen-bond donors (Lipinski definition) is 1. The number of nitrogens with one attached hydrogen (secondary N) is 1. The third kappa shape index (κ3) is 3.81. The molecule has 1 N–H and O–H groups in total. The Bertz CT molecular complexity index is 551. The van der Waals surface area contributed by atoms with Gasteiger partial charge in [-0.25, -0.2) is 10.5 Å². The van der Waals surface area contributed by atoms with Gasteiger partial charge in [0, 0.05) is 23.4 Å². The van der Waals surface area contributed by atoms with E-state index in [1.807, 2.05) is 12.1 Å². The zero-order valence-electron chi connectivity index (χ0n) is 10.4. The van der Waals surface area contributed by atoms with Crippen molar-refractivity contribution in [3.05, 3.63) is 41.4 Å². The SMILES string of the molecule is CONC(=O)CCc1ncc(-c2ccc(Cl)cc2)o1. The molecule has 19 heavy (non-hydrogen) atoms. The van der Waals surface area contributed by atoms with Crippen molar-refractivity contribution < 1.29 is 14.0 Å². The highest BCUT2D eigenvalue weighted by Gasteiger charge is 2.08. The number of hydrogen-bond acceptors (Lipinski definition) is 4. The summed E-state index contributed by atoms with van der Waals surface area (Å²) in [5.41, 5.74) is 3.13. The molecule has 1 heterocycles. The highest BCUT2D eigenvalue weighted by molar-refractivity contribution is 6.30. The third-order valence-corrected chi connectivity index (χ3v) is 2.72. The Morgan fingerprint density at radius 2 is 2.16 bits per heavy atom. The number of hydroxylamine groups is 1. The molecule has 0 bridgehead atoms. The van der Waals surface area contributed by atoms with Gasteiger partial charge in [0.15, 0.2) is 11.7 Å². The molecule has 0 saturated heterocycles. The van der Waals surface area contributed by atoms with Crippen LogP contribution >= 0.6 is 11.6 Å². The molecule has 6 heteroatoms. The molecule has 100 valence electrons. The van der Waals surface area contributed by atoms with Crippen molar-refractivity contribution in [1.29, 1.82) is 0 Å². The van der Waals surface area contributed by atoms with E-state index in [-0.39, 0.29) is 12.3 Å². The van der Waals surface area contributed by atoms with E-state index in [1.54, 1.807) is 18.3 Å². The minimum absolute atomic E-state index is 0.214. The van der Waals surface area contributed by atoms with Crippen LogP contribution in [0.2, 0.25) is 5.02 Å². The normalized spacial score (nSPS) is 10.4. The van der Waals surface area contributed by atoms with E-state index >= 15 is 0 Å². The Labute approximate surface area is 115 Å². The van der Waals surface area contributed by atoms with Gasteiger partial charge in [0.2, 0.25) is 5.91 Å². The van der Waals surface area contributed by atoms with Crippen molar-refractivity contribution in [3.63, 3.8) is 0 Å². The smallest absolute Gasteiger partial charge is 0.244 e. The van der Waals surface area contributed by atoms with E-state index in [9.17, 15) is 4.79 Å². The van der Waals surface area contributed by atoms with Crippen LogP contribution in [0.15, 0.2) is 34.9 Å². The first-order chi connectivity index (χ1) is 9.19. The van der Waals surface area contributed by atoms with Crippen LogP contribution in [0, 0.1) is 0 Å². The lowest BCUT2D eigenvalue weighted by atomic mass is 10.2. The Morgan fingerprint density at radius 1 is 1.42 bits per heavy atom. The van der Waals surface area contributed by atoms with Crippen molar-refractivity contribution in [2.45, 2.75) is 12.8 Å². The zero-order valence-corrected chi connectivity index (χ0v) is 11.1. The van der Waals surface area contributed by atoms with Gasteiger partial charge in [-0.05, 0) is 24.3 Å². The summed E-state index contributed by atoms with van der Waals surface area (Å²) >= 11 is 5.82. The fraction of sp³-hybridized carbons (Fsp3) is 0.231. The molecular formula is C13H13ClN2O3. The van der Waals surface area contributed by atoms with Crippen LogP contribution in [0.3, 0.4) is 0 Å². The average molecular weight is 281 g/mol. The molecule has 0 atom stereocenters. The Balaban J connectivity index is 1.99. The van der Waals surface area contributed by atoms with Crippen molar-refractivity contribution in [1.82, 2.24) is 10.5 Å². The van der Waals surface area contributed by atoms with Crippen LogP contribution in [0.25, 0.3) is 11.3 Å². The lowest BCUT2D eigenvalue weighted by Gasteiger charge is -1.99. The van der Waals surface area contributed by atoms with Crippen LogP contribution in [0.5, 0.6) is 0 Å². The van der Waals surface area contributed by atoms with Crippen molar-refractivity contribution >= 4 is 17.5 Å². The lowest BCUT2D eigenvalue weighted by molar-refractivity contribution is -0.131. The maximum atomic E-state index is 11.2. The number of carbonyl (C=O) groups excluding carboxylic acids is 1. The standard InChI is InChI=1S/C13H13ClN2O3/c1-18-16-12(17)6-7-13-15-8-11(19-13)9-2-4-10(14)5-3-9/h2-5,8H,6-7H2,1H3,(H,16,17). The van der Waals surface area contributed by atoms with Crippen molar-refractivity contribution in [3.8, 4) is 11.3 Å². The van der Waals surface area contributed by atoms with E-state index in [1.165, 1.54) is 7.11 Å². The maximum Gasteiger partial charge on any atom is 0.244 e. The number of carbonyl (C=O) groups is 1. The fourth-order valence-corrected chi connectivity index (χ4v) is 1.68. The second-order valence-electron chi connectivity index (χ2n) is 3.85. The molecule has 5 nitrogen and oxygen atoms in total. The Hall–Kier alpha value is -1.85. The van der Waals surface area contributed by atoms with Gasteiger partial charge in [-0.3, -0.25) is 9.63 Å². The van der Waals surface area contributed by atoms with E-state index in [0.717, 1.165) is 5.56 Å². The molecule has 0 aliphatic rings. The summed E-state index contributed by atoms with van der Waals surface area (Å²) in [6, 6.07) is 7.27. The molecule has 2 aromatic rings. The molecule has 1 aromatic carbocycles. The number of aryl methyl sites for hydroxylation is 1. The highest BCUT2D eigenvalue weighted by atomic mass is 35.5. The number of oxazole rings is 1. The summed E-state index contributed by atoms with van der Waals surface area (Å²) in [6.45, 7) is 0. The average Bonchev–Trinajstić information content (AvgIpc) is 2.86. The Kier molecular flexibility index (Phi) is 4.54. The summed E-state index contributed by atoms with van der Waals surface area (Å²) in [4.78, 5) is 19.9. The first kappa shape index (κ1) is 13.6. The molecule has 1 aromatic heterocycles. The topological polar surface area (TPSA) is 64.4 Å². The number of benzene rings is 1. The zero-order chi connectivity index (χ0) is 13.7. The van der Waals surface area contributed by atoms with Crippen LogP contribution in [0.1, 0.15) is 12.3 Å². The van der Waals surface area contributed by atoms with Gasteiger partial charge in [0.05, 0.1) is 13.3 Å². The number of aromatic nitrogens is 1. The van der Waals surface area contributed by atoms with Gasteiger partial charge in [0.25, 0.3) is 0 Å². The molecule has 0 fully saturated rings. The minimum Gasteiger partial charge on any atom is -0.441 e. The van der Waals surface area contributed by atoms with Crippen LogP contribution in [-0.2, 0) is 16.1 Å². The Morgan fingerprint density at radius 3 is 2.84 bits per heavy atom. The first-order valence-electron chi connectivity index (χ1n) is 5.71. The minimum atomic E-state index is -0.214. The first-order valence-corrected chi connectivity index (χ1v) is 6.09. The summed E-state index contributed by atoms with van der Waals surface area (Å²) in [6.07, 6.45) is 2.31. The number of rotatable bonds is 5. The lowest BCUT2D eigenvalue weighted by Crippen LogP contribution is -2.21. The van der Waals surface area contributed by atoms with E-state index < -0.39 is 0 Å². The summed E-state index contributed by atoms with van der Waals surface area (Å²) in [5.74, 6) is 0.948. The van der Waals surface area contributed by atoms with E-state index in [0.29, 0.717) is 23.1 Å². The van der Waals surface area contributed by atoms with Gasteiger partial charge >= 0.3 is 0 Å². The second-order valence-corrected chi connectivity index (χ2v) is 4.29. The van der Waals surface area contributed by atoms with Crippen molar-refractivity contribution in [2.24, 2.45) is 0 Å². The fourth-order valence-electron chi connectivity index (χ4n) is 1.56. The van der Waals surface area contributed by atoms with Gasteiger partial charge in [-0.2, -0.15) is 0 Å². The summed E-state index contributed by atoms with van der Waals surface area (Å²) in [5, 5.41) is 0.666. The van der Waals surface area contributed by atoms with Gasteiger partial charge in [-0.15, -0.1) is 0 Å². The molecule has 0 radical (unpaired) electrons.